The number of benzene rings is 1. The quantitative estimate of drug-likeness (QED) is 0.358. The van der Waals surface area contributed by atoms with Crippen LogP contribution in [0, 0.1) is 0 Å². The van der Waals surface area contributed by atoms with Gasteiger partial charge in [0.05, 0.1) is 5.56 Å². The van der Waals surface area contributed by atoms with Crippen LogP contribution in [0.5, 0.6) is 0 Å². The lowest BCUT2D eigenvalue weighted by molar-refractivity contribution is -0.137. The van der Waals surface area contributed by atoms with Gasteiger partial charge >= 0.3 is 6.18 Å². The van der Waals surface area contributed by atoms with Crippen LogP contribution in [-0.4, -0.2) is 38.0 Å². The van der Waals surface area contributed by atoms with Gasteiger partial charge in [0.15, 0.2) is 5.96 Å². The molecule has 6 heteroatoms. The molecule has 0 saturated heterocycles. The maximum Gasteiger partial charge on any atom is 0.416 e. The number of hydrogen-bond acceptors (Lipinski definition) is 1. The minimum absolute atomic E-state index is 0.615. The maximum atomic E-state index is 12.5. The average Bonchev–Trinajstić information content (AvgIpc) is 2.51. The molecule has 0 unspecified atom stereocenters. The van der Waals surface area contributed by atoms with Gasteiger partial charge in [-0.15, -0.1) is 6.58 Å². The Labute approximate surface area is 135 Å². The molecular weight excluding hydrogens is 303 g/mol. The van der Waals surface area contributed by atoms with Crippen molar-refractivity contribution in [3.63, 3.8) is 0 Å². The first-order valence-electron chi connectivity index (χ1n) is 7.57. The number of aliphatic imine (C=N–C) groups is 1. The topological polar surface area (TPSA) is 27.6 Å². The van der Waals surface area contributed by atoms with E-state index in [9.17, 15) is 13.2 Å². The molecule has 0 heterocycles. The normalized spacial score (nSPS) is 12.1. The minimum Gasteiger partial charge on any atom is -0.356 e. The van der Waals surface area contributed by atoms with Crippen LogP contribution >= 0.6 is 0 Å². The largest absolute Gasteiger partial charge is 0.416 e. The summed E-state index contributed by atoms with van der Waals surface area (Å²) in [6.45, 7) is 5.17. The van der Waals surface area contributed by atoms with Crippen molar-refractivity contribution in [1.29, 1.82) is 0 Å². The second kappa shape index (κ2) is 9.22. The van der Waals surface area contributed by atoms with Crippen LogP contribution in [0.25, 0.3) is 0 Å². The second-order valence-corrected chi connectivity index (χ2v) is 5.27. The van der Waals surface area contributed by atoms with Gasteiger partial charge in [-0.1, -0.05) is 18.2 Å². The van der Waals surface area contributed by atoms with Crippen molar-refractivity contribution in [1.82, 2.24) is 10.2 Å². The molecule has 0 aliphatic rings. The fourth-order valence-corrected chi connectivity index (χ4v) is 2.14. The standard InChI is InChI=1S/C17H24F3N3/c1-4-5-6-13-23(3)16(21-2)22-12-11-14-7-9-15(10-8-14)17(18,19)20/h4,7-10H,1,5-6,11-13H2,2-3H3,(H,21,22). The molecule has 128 valence electrons. The number of nitrogens with zero attached hydrogens (tertiary/aromatic N) is 2. The van der Waals surface area contributed by atoms with Crippen molar-refractivity contribution < 1.29 is 13.2 Å². The number of guanidine groups is 1. The third kappa shape index (κ3) is 6.76. The molecule has 3 nitrogen and oxygen atoms in total. The molecule has 0 atom stereocenters. The summed E-state index contributed by atoms with van der Waals surface area (Å²) in [6.07, 6.45) is 0.186. The molecule has 23 heavy (non-hydrogen) atoms. The van der Waals surface area contributed by atoms with E-state index in [-0.39, 0.29) is 0 Å². The molecule has 0 bridgehead atoms. The van der Waals surface area contributed by atoms with Crippen molar-refractivity contribution in [2.24, 2.45) is 4.99 Å². The van der Waals surface area contributed by atoms with Crippen LogP contribution in [0.3, 0.4) is 0 Å². The molecule has 1 rings (SSSR count). The molecule has 1 aromatic carbocycles. The van der Waals surface area contributed by atoms with Crippen LogP contribution in [0.4, 0.5) is 13.2 Å². The molecule has 0 fully saturated rings. The first-order valence-corrected chi connectivity index (χ1v) is 7.57. The number of nitrogens with one attached hydrogen (secondary N) is 1. The highest BCUT2D eigenvalue weighted by molar-refractivity contribution is 5.79. The molecule has 0 amide bonds. The Morgan fingerprint density at radius 3 is 2.48 bits per heavy atom. The van der Waals surface area contributed by atoms with Crippen LogP contribution < -0.4 is 5.32 Å². The zero-order valence-electron chi connectivity index (χ0n) is 13.7. The van der Waals surface area contributed by atoms with E-state index in [2.05, 4.69) is 16.9 Å². The molecule has 0 spiro atoms. The van der Waals surface area contributed by atoms with Gasteiger partial charge in [-0.3, -0.25) is 4.99 Å². The zero-order valence-corrected chi connectivity index (χ0v) is 13.7. The van der Waals surface area contributed by atoms with E-state index in [0.717, 1.165) is 43.0 Å². The van der Waals surface area contributed by atoms with Crippen molar-refractivity contribution >= 4 is 5.96 Å². The van der Waals surface area contributed by atoms with E-state index in [1.807, 2.05) is 18.0 Å². The van der Waals surface area contributed by atoms with Gasteiger partial charge in [0.1, 0.15) is 0 Å². The van der Waals surface area contributed by atoms with E-state index < -0.39 is 11.7 Å². The van der Waals surface area contributed by atoms with Gasteiger partial charge in [-0.2, -0.15) is 13.2 Å². The van der Waals surface area contributed by atoms with E-state index in [0.29, 0.717) is 13.0 Å². The van der Waals surface area contributed by atoms with E-state index in [1.54, 1.807) is 7.05 Å². The number of rotatable bonds is 7. The van der Waals surface area contributed by atoms with Gasteiger partial charge in [-0.25, -0.2) is 0 Å². The third-order valence-electron chi connectivity index (χ3n) is 3.45. The Balaban J connectivity index is 2.44. The molecule has 0 aliphatic heterocycles. The zero-order chi connectivity index (χ0) is 17.3. The van der Waals surface area contributed by atoms with E-state index in [4.69, 9.17) is 0 Å². The van der Waals surface area contributed by atoms with Crippen LogP contribution in [0.1, 0.15) is 24.0 Å². The lowest BCUT2D eigenvalue weighted by Gasteiger charge is -2.21. The maximum absolute atomic E-state index is 12.5. The molecule has 0 saturated carbocycles. The van der Waals surface area contributed by atoms with Gasteiger partial charge in [0.25, 0.3) is 0 Å². The average molecular weight is 327 g/mol. The monoisotopic (exact) mass is 327 g/mol. The Bertz CT molecular complexity index is 507. The van der Waals surface area contributed by atoms with E-state index in [1.165, 1.54) is 12.1 Å². The number of allylic oxidation sites excluding steroid dienone is 1. The second-order valence-electron chi connectivity index (χ2n) is 5.27. The van der Waals surface area contributed by atoms with Gasteiger partial charge < -0.3 is 10.2 Å². The van der Waals surface area contributed by atoms with Crippen molar-refractivity contribution in [2.75, 3.05) is 27.2 Å². The molecular formula is C17H24F3N3. The third-order valence-corrected chi connectivity index (χ3v) is 3.45. The molecule has 1 N–H and O–H groups in total. The first kappa shape index (κ1) is 19.1. The molecule has 0 aromatic heterocycles. The highest BCUT2D eigenvalue weighted by Crippen LogP contribution is 2.29. The lowest BCUT2D eigenvalue weighted by Crippen LogP contribution is -2.40. The van der Waals surface area contributed by atoms with Gasteiger partial charge in [0.2, 0.25) is 0 Å². The van der Waals surface area contributed by atoms with Crippen molar-refractivity contribution in [2.45, 2.75) is 25.4 Å². The number of hydrogen-bond donors (Lipinski definition) is 1. The Hall–Kier alpha value is -1.98. The fourth-order valence-electron chi connectivity index (χ4n) is 2.14. The summed E-state index contributed by atoms with van der Waals surface area (Å²) in [7, 11) is 3.67. The van der Waals surface area contributed by atoms with E-state index >= 15 is 0 Å². The van der Waals surface area contributed by atoms with Crippen LogP contribution in [-0.2, 0) is 12.6 Å². The summed E-state index contributed by atoms with van der Waals surface area (Å²) < 4.78 is 37.5. The predicted molar refractivity (Wildman–Crippen MR) is 88.6 cm³/mol. The highest BCUT2D eigenvalue weighted by Gasteiger charge is 2.29. The summed E-state index contributed by atoms with van der Waals surface area (Å²) in [6, 6.07) is 5.26. The summed E-state index contributed by atoms with van der Waals surface area (Å²) in [4.78, 5) is 6.23. The Kier molecular flexibility index (Phi) is 7.65. The summed E-state index contributed by atoms with van der Waals surface area (Å²) >= 11 is 0. The van der Waals surface area contributed by atoms with Crippen molar-refractivity contribution in [3.05, 3.63) is 48.0 Å². The number of unbranched alkanes of at least 4 members (excludes halogenated alkanes) is 1. The fraction of sp³-hybridized carbons (Fsp3) is 0.471. The summed E-state index contributed by atoms with van der Waals surface area (Å²) in [5, 5.41) is 3.22. The number of alkyl halides is 3. The predicted octanol–water partition coefficient (Wildman–Crippen LogP) is 3.72. The van der Waals surface area contributed by atoms with Crippen molar-refractivity contribution in [3.8, 4) is 0 Å². The van der Waals surface area contributed by atoms with Gasteiger partial charge in [-0.05, 0) is 37.0 Å². The smallest absolute Gasteiger partial charge is 0.356 e. The SMILES string of the molecule is C=CCCCN(C)C(=NC)NCCc1ccc(C(F)(F)F)cc1. The summed E-state index contributed by atoms with van der Waals surface area (Å²) in [5.74, 6) is 0.779. The number of halogens is 3. The van der Waals surface area contributed by atoms with Gasteiger partial charge in [0, 0.05) is 27.2 Å². The minimum atomic E-state index is -4.28. The summed E-state index contributed by atoms with van der Waals surface area (Å²) in [5.41, 5.74) is 0.238. The first-order chi connectivity index (χ1) is 10.9. The van der Waals surface area contributed by atoms with Crippen LogP contribution in [0.15, 0.2) is 41.9 Å². The highest BCUT2D eigenvalue weighted by atomic mass is 19.4. The molecule has 0 aliphatic carbocycles. The lowest BCUT2D eigenvalue weighted by atomic mass is 10.1. The van der Waals surface area contributed by atoms with Crippen LogP contribution in [0.2, 0.25) is 0 Å². The Morgan fingerprint density at radius 1 is 1.30 bits per heavy atom. The molecule has 1 aromatic rings. The molecule has 0 radical (unpaired) electrons. The Morgan fingerprint density at radius 2 is 1.96 bits per heavy atom.